The summed E-state index contributed by atoms with van der Waals surface area (Å²) in [6.45, 7) is 3.64. The number of aromatic amines is 1. The topological polar surface area (TPSA) is 116 Å². The summed E-state index contributed by atoms with van der Waals surface area (Å²) in [4.78, 5) is 29.8. The van der Waals surface area contributed by atoms with Crippen molar-refractivity contribution in [2.24, 2.45) is 16.6 Å². The van der Waals surface area contributed by atoms with Crippen LogP contribution in [0, 0.1) is 11.7 Å². The van der Waals surface area contributed by atoms with Crippen molar-refractivity contribution in [2.75, 3.05) is 19.6 Å². The third kappa shape index (κ3) is 5.24. The second-order valence-electron chi connectivity index (χ2n) is 7.21. The van der Waals surface area contributed by atoms with Gasteiger partial charge in [-0.3, -0.25) is 14.7 Å². The van der Waals surface area contributed by atoms with Crippen LogP contribution in [0.4, 0.5) is 10.2 Å². The number of aliphatic imine (C=N–C) groups is 1. The molecule has 10 heteroatoms. The molecule has 2 heterocycles. The number of amidine groups is 1. The van der Waals surface area contributed by atoms with Gasteiger partial charge in [0.25, 0.3) is 5.91 Å². The largest absolute Gasteiger partial charge is 0.383 e. The average molecular weight is 479 g/mol. The second kappa shape index (κ2) is 9.84. The maximum Gasteiger partial charge on any atom is 0.270 e. The molecule has 8 nitrogen and oxygen atoms in total. The summed E-state index contributed by atoms with van der Waals surface area (Å²) < 4.78 is 14.2. The highest BCUT2D eigenvalue weighted by atomic mass is 79.9. The minimum absolute atomic E-state index is 0.0378. The van der Waals surface area contributed by atoms with Crippen LogP contribution in [-0.2, 0) is 4.79 Å². The van der Waals surface area contributed by atoms with Gasteiger partial charge in [0.2, 0.25) is 5.91 Å². The van der Waals surface area contributed by atoms with Crippen molar-refractivity contribution in [3.05, 3.63) is 45.8 Å². The molecule has 0 unspecified atom stereocenters. The molecule has 1 fully saturated rings. The van der Waals surface area contributed by atoms with Gasteiger partial charge in [-0.1, -0.05) is 12.1 Å². The number of rotatable bonds is 6. The molecule has 160 valence electrons. The standard InChI is InChI=1S/C20H24BrFN6O2/c1-12(29)28-10-7-13(8-11-28)6-9-24-20(30)17-16(21)19(27-26-17)25-18(23)14-4-2-3-5-15(14)22/h2-5,13H,6-11H2,1H3,(H,24,30)(H3,23,25,26,27). The molecule has 0 bridgehead atoms. The summed E-state index contributed by atoms with van der Waals surface area (Å²) in [5.41, 5.74) is 6.27. The smallest absolute Gasteiger partial charge is 0.270 e. The van der Waals surface area contributed by atoms with Gasteiger partial charge in [-0.15, -0.1) is 0 Å². The van der Waals surface area contributed by atoms with Crippen LogP contribution < -0.4 is 11.1 Å². The van der Waals surface area contributed by atoms with Crippen molar-refractivity contribution < 1.29 is 14.0 Å². The molecular weight excluding hydrogens is 455 g/mol. The molecule has 0 aliphatic carbocycles. The summed E-state index contributed by atoms with van der Waals surface area (Å²) in [5, 5.41) is 9.51. The summed E-state index contributed by atoms with van der Waals surface area (Å²) in [7, 11) is 0. The highest BCUT2D eigenvalue weighted by Crippen LogP contribution is 2.27. The van der Waals surface area contributed by atoms with Crippen LogP contribution >= 0.6 is 15.9 Å². The number of benzene rings is 1. The molecule has 30 heavy (non-hydrogen) atoms. The number of aromatic nitrogens is 2. The zero-order valence-corrected chi connectivity index (χ0v) is 18.2. The van der Waals surface area contributed by atoms with Gasteiger partial charge in [0.1, 0.15) is 17.3 Å². The van der Waals surface area contributed by atoms with E-state index in [-0.39, 0.29) is 34.7 Å². The molecule has 1 aromatic heterocycles. The zero-order valence-electron chi connectivity index (χ0n) is 16.6. The third-order valence-electron chi connectivity index (χ3n) is 5.19. The zero-order chi connectivity index (χ0) is 21.7. The third-order valence-corrected chi connectivity index (χ3v) is 5.94. The lowest BCUT2D eigenvalue weighted by Crippen LogP contribution is -2.38. The number of hydrogen-bond donors (Lipinski definition) is 3. The summed E-state index contributed by atoms with van der Waals surface area (Å²) in [6, 6.07) is 6.03. The van der Waals surface area contributed by atoms with Crippen LogP contribution in [0.25, 0.3) is 0 Å². The first-order valence-corrected chi connectivity index (χ1v) is 10.5. The van der Waals surface area contributed by atoms with Gasteiger partial charge in [0.15, 0.2) is 5.82 Å². The van der Waals surface area contributed by atoms with Crippen molar-refractivity contribution in [1.82, 2.24) is 20.4 Å². The van der Waals surface area contributed by atoms with E-state index in [9.17, 15) is 14.0 Å². The molecule has 1 aliphatic rings. The highest BCUT2D eigenvalue weighted by molar-refractivity contribution is 9.10. The first-order chi connectivity index (χ1) is 14.4. The lowest BCUT2D eigenvalue weighted by Gasteiger charge is -2.31. The molecule has 0 spiro atoms. The van der Waals surface area contributed by atoms with Gasteiger partial charge in [0, 0.05) is 26.6 Å². The van der Waals surface area contributed by atoms with E-state index in [4.69, 9.17) is 5.73 Å². The van der Waals surface area contributed by atoms with E-state index in [1.54, 1.807) is 19.1 Å². The van der Waals surface area contributed by atoms with Gasteiger partial charge < -0.3 is 16.0 Å². The number of amides is 2. The Hall–Kier alpha value is -2.75. The first-order valence-electron chi connectivity index (χ1n) is 9.73. The van der Waals surface area contributed by atoms with Crippen LogP contribution in [0.5, 0.6) is 0 Å². The number of carbonyl (C=O) groups is 2. The van der Waals surface area contributed by atoms with Gasteiger partial charge in [-0.25, -0.2) is 9.38 Å². The quantitative estimate of drug-likeness (QED) is 0.436. The van der Waals surface area contributed by atoms with Crippen LogP contribution in [0.2, 0.25) is 0 Å². The Bertz CT molecular complexity index is 953. The lowest BCUT2D eigenvalue weighted by atomic mass is 9.93. The second-order valence-corrected chi connectivity index (χ2v) is 8.00. The van der Waals surface area contributed by atoms with Crippen molar-refractivity contribution >= 4 is 39.4 Å². The van der Waals surface area contributed by atoms with Gasteiger partial charge in [-0.2, -0.15) is 5.10 Å². The number of piperidine rings is 1. The van der Waals surface area contributed by atoms with E-state index in [1.807, 2.05) is 4.90 Å². The molecule has 2 aromatic rings. The number of nitrogens with zero attached hydrogens (tertiary/aromatic N) is 3. The molecule has 0 atom stereocenters. The normalized spacial score (nSPS) is 15.3. The minimum atomic E-state index is -0.488. The lowest BCUT2D eigenvalue weighted by molar-refractivity contribution is -0.130. The molecule has 1 aromatic carbocycles. The summed E-state index contributed by atoms with van der Waals surface area (Å²) >= 11 is 3.31. The fourth-order valence-corrected chi connectivity index (χ4v) is 3.85. The Kier molecular flexibility index (Phi) is 7.20. The van der Waals surface area contributed by atoms with Crippen LogP contribution in [0.15, 0.2) is 33.7 Å². The molecular formula is C20H24BrFN6O2. The molecule has 2 amide bonds. The van der Waals surface area contributed by atoms with Crippen molar-refractivity contribution in [2.45, 2.75) is 26.2 Å². The van der Waals surface area contributed by atoms with E-state index >= 15 is 0 Å². The highest BCUT2D eigenvalue weighted by Gasteiger charge is 2.22. The summed E-state index contributed by atoms with van der Waals surface area (Å²) in [5.74, 6) is -0.0903. The fraction of sp³-hybridized carbons (Fsp3) is 0.400. The molecule has 1 saturated heterocycles. The number of carbonyl (C=O) groups excluding carboxylic acids is 2. The Morgan fingerprint density at radius 2 is 2.07 bits per heavy atom. The monoisotopic (exact) mass is 478 g/mol. The average Bonchev–Trinajstić information content (AvgIpc) is 3.09. The van der Waals surface area contributed by atoms with Crippen LogP contribution in [0.1, 0.15) is 42.2 Å². The first kappa shape index (κ1) is 21.9. The van der Waals surface area contributed by atoms with E-state index in [0.717, 1.165) is 32.4 Å². The fourth-order valence-electron chi connectivity index (χ4n) is 3.40. The Balaban J connectivity index is 1.55. The SMILES string of the molecule is CC(=O)N1CCC(CCNC(=O)c2[nH]nc(N=C(N)c3ccccc3F)c2Br)CC1. The minimum Gasteiger partial charge on any atom is -0.383 e. The number of hydrogen-bond acceptors (Lipinski definition) is 4. The van der Waals surface area contributed by atoms with Gasteiger partial charge in [0.05, 0.1) is 10.0 Å². The van der Waals surface area contributed by atoms with Crippen molar-refractivity contribution in [3.63, 3.8) is 0 Å². The Labute approximate surface area is 182 Å². The number of H-pyrrole nitrogens is 1. The summed E-state index contributed by atoms with van der Waals surface area (Å²) in [6.07, 6.45) is 2.73. The number of likely N-dealkylation sites (tertiary alicyclic amines) is 1. The molecule has 0 saturated carbocycles. The molecule has 3 rings (SSSR count). The molecule has 4 N–H and O–H groups in total. The number of halogens is 2. The van der Waals surface area contributed by atoms with E-state index < -0.39 is 5.82 Å². The predicted molar refractivity (Wildman–Crippen MR) is 115 cm³/mol. The van der Waals surface area contributed by atoms with E-state index in [2.05, 4.69) is 36.4 Å². The number of nitrogens with one attached hydrogen (secondary N) is 2. The Morgan fingerprint density at radius 1 is 1.37 bits per heavy atom. The number of nitrogens with two attached hydrogens (primary N) is 1. The van der Waals surface area contributed by atoms with Crippen LogP contribution in [-0.4, -0.2) is 52.4 Å². The van der Waals surface area contributed by atoms with Gasteiger partial charge >= 0.3 is 0 Å². The predicted octanol–water partition coefficient (Wildman–Crippen LogP) is 2.73. The Morgan fingerprint density at radius 3 is 2.73 bits per heavy atom. The van der Waals surface area contributed by atoms with Crippen molar-refractivity contribution in [1.29, 1.82) is 0 Å². The van der Waals surface area contributed by atoms with E-state index in [1.165, 1.54) is 12.1 Å². The molecule has 0 radical (unpaired) electrons. The maximum atomic E-state index is 13.8. The van der Waals surface area contributed by atoms with Gasteiger partial charge in [-0.05, 0) is 53.2 Å². The molecule has 1 aliphatic heterocycles. The van der Waals surface area contributed by atoms with Crippen LogP contribution in [0.3, 0.4) is 0 Å². The maximum absolute atomic E-state index is 13.8. The van der Waals surface area contributed by atoms with Crippen molar-refractivity contribution in [3.8, 4) is 0 Å². The van der Waals surface area contributed by atoms with E-state index in [0.29, 0.717) is 16.9 Å².